The quantitative estimate of drug-likeness (QED) is 0.687. The van der Waals surface area contributed by atoms with E-state index in [-0.39, 0.29) is 4.83 Å². The van der Waals surface area contributed by atoms with Crippen LogP contribution in [0.2, 0.25) is 0 Å². The number of rotatable bonds is 3. The van der Waals surface area contributed by atoms with Gasteiger partial charge in [0.15, 0.2) is 11.5 Å². The van der Waals surface area contributed by atoms with Crippen molar-refractivity contribution in [2.24, 2.45) is 0 Å². The minimum atomic E-state index is 0.261. The van der Waals surface area contributed by atoms with Crippen LogP contribution in [0, 0.1) is 0 Å². The lowest BCUT2D eigenvalue weighted by Gasteiger charge is -2.18. The van der Waals surface area contributed by atoms with Crippen molar-refractivity contribution in [1.29, 1.82) is 0 Å². The summed E-state index contributed by atoms with van der Waals surface area (Å²) in [5.41, 5.74) is 1.20. The third kappa shape index (κ3) is 3.31. The van der Waals surface area contributed by atoms with Crippen LogP contribution in [-0.2, 0) is 4.74 Å². The molecule has 1 aromatic rings. The van der Waals surface area contributed by atoms with E-state index in [0.717, 1.165) is 41.8 Å². The number of halogens is 2. The molecule has 1 aromatic carbocycles. The van der Waals surface area contributed by atoms with E-state index in [9.17, 15) is 0 Å². The Morgan fingerprint density at radius 2 is 1.85 bits per heavy atom. The number of hydrogen-bond acceptors (Lipinski definition) is 3. The molecule has 0 radical (unpaired) electrons. The predicted molar refractivity (Wildman–Crippen MR) is 85.0 cm³/mol. The zero-order chi connectivity index (χ0) is 13.9. The Hall–Kier alpha value is -0.260. The predicted octanol–water partition coefficient (Wildman–Crippen LogP) is 4.62. The summed E-state index contributed by atoms with van der Waals surface area (Å²) in [7, 11) is 0. The van der Waals surface area contributed by atoms with E-state index < -0.39 is 0 Å². The number of hydrogen-bond donors (Lipinski definition) is 0. The minimum absolute atomic E-state index is 0.261. The number of fused-ring (bicyclic) bond motifs is 1. The van der Waals surface area contributed by atoms with E-state index >= 15 is 0 Å². The van der Waals surface area contributed by atoms with Crippen LogP contribution >= 0.6 is 31.9 Å². The molecule has 2 heterocycles. The van der Waals surface area contributed by atoms with Crippen LogP contribution in [0.15, 0.2) is 16.6 Å². The van der Waals surface area contributed by atoms with E-state index in [2.05, 4.69) is 37.9 Å². The Kier molecular flexibility index (Phi) is 4.89. The fraction of sp³-hybridized carbons (Fsp3) is 0.600. The van der Waals surface area contributed by atoms with Crippen molar-refractivity contribution >= 4 is 31.9 Å². The summed E-state index contributed by atoms with van der Waals surface area (Å²) >= 11 is 7.43. The highest BCUT2D eigenvalue weighted by Gasteiger charge is 2.23. The average molecular weight is 406 g/mol. The van der Waals surface area contributed by atoms with E-state index in [4.69, 9.17) is 14.2 Å². The molecular formula is C15H18Br2O3. The van der Waals surface area contributed by atoms with Gasteiger partial charge < -0.3 is 14.2 Å². The zero-order valence-corrected chi connectivity index (χ0v) is 14.4. The van der Waals surface area contributed by atoms with E-state index in [1.807, 2.05) is 6.07 Å². The molecular weight excluding hydrogens is 388 g/mol. The highest BCUT2D eigenvalue weighted by molar-refractivity contribution is 9.11. The third-order valence-electron chi connectivity index (χ3n) is 3.70. The lowest BCUT2D eigenvalue weighted by atomic mass is 10.0. The molecule has 0 spiro atoms. The van der Waals surface area contributed by atoms with Crippen LogP contribution in [0.5, 0.6) is 11.5 Å². The first-order valence-electron chi connectivity index (χ1n) is 7.09. The summed E-state index contributed by atoms with van der Waals surface area (Å²) in [6.07, 6.45) is 4.60. The summed E-state index contributed by atoms with van der Waals surface area (Å²) in [4.78, 5) is 0.261. The molecule has 2 unspecified atom stereocenters. The molecule has 0 saturated carbocycles. The molecule has 5 heteroatoms. The molecule has 0 amide bonds. The fourth-order valence-corrected chi connectivity index (χ4v) is 4.33. The molecule has 1 fully saturated rings. The van der Waals surface area contributed by atoms with E-state index in [0.29, 0.717) is 19.3 Å². The van der Waals surface area contributed by atoms with Crippen LogP contribution in [-0.4, -0.2) is 25.9 Å². The standard InChI is InChI=1S/C15H18Br2O3/c16-12(7-10-3-1-4-18-10)11-8-14-15(9-13(11)17)20-6-2-5-19-14/h8-10,12H,1-7H2. The second kappa shape index (κ2) is 6.67. The van der Waals surface area contributed by atoms with Gasteiger partial charge >= 0.3 is 0 Å². The molecule has 0 bridgehead atoms. The Bertz CT molecular complexity index is 472. The van der Waals surface area contributed by atoms with Crippen molar-refractivity contribution in [3.63, 3.8) is 0 Å². The molecule has 2 atom stereocenters. The molecule has 20 heavy (non-hydrogen) atoms. The minimum Gasteiger partial charge on any atom is -0.490 e. The molecule has 3 rings (SSSR count). The van der Waals surface area contributed by atoms with Crippen molar-refractivity contribution in [3.05, 3.63) is 22.2 Å². The van der Waals surface area contributed by atoms with Gasteiger partial charge in [-0.05, 0) is 37.0 Å². The molecule has 1 saturated heterocycles. The largest absolute Gasteiger partial charge is 0.490 e. The molecule has 0 aliphatic carbocycles. The maximum absolute atomic E-state index is 5.77. The first-order valence-corrected chi connectivity index (χ1v) is 8.79. The fourth-order valence-electron chi connectivity index (χ4n) is 2.63. The van der Waals surface area contributed by atoms with Crippen LogP contribution in [0.1, 0.15) is 36.1 Å². The Morgan fingerprint density at radius 3 is 2.55 bits per heavy atom. The Labute approximate surface area is 136 Å². The van der Waals surface area contributed by atoms with Crippen LogP contribution in [0.25, 0.3) is 0 Å². The molecule has 2 aliphatic heterocycles. The average Bonchev–Trinajstić information content (AvgIpc) is 2.82. The monoisotopic (exact) mass is 404 g/mol. The molecule has 3 nitrogen and oxygen atoms in total. The highest BCUT2D eigenvalue weighted by atomic mass is 79.9. The highest BCUT2D eigenvalue weighted by Crippen LogP contribution is 2.42. The summed E-state index contributed by atoms with van der Waals surface area (Å²) < 4.78 is 18.2. The number of benzene rings is 1. The van der Waals surface area contributed by atoms with E-state index in [1.54, 1.807) is 0 Å². The topological polar surface area (TPSA) is 27.7 Å². The van der Waals surface area contributed by atoms with Gasteiger partial charge in [-0.1, -0.05) is 31.9 Å². The van der Waals surface area contributed by atoms with Crippen molar-refractivity contribution in [1.82, 2.24) is 0 Å². The van der Waals surface area contributed by atoms with Crippen LogP contribution in [0.3, 0.4) is 0 Å². The van der Waals surface area contributed by atoms with Gasteiger partial charge in [0, 0.05) is 22.3 Å². The second-order valence-electron chi connectivity index (χ2n) is 5.21. The lowest BCUT2D eigenvalue weighted by molar-refractivity contribution is 0.104. The zero-order valence-electron chi connectivity index (χ0n) is 11.2. The number of ether oxygens (including phenoxy) is 3. The SMILES string of the molecule is Brc1cc2c(cc1C(Br)CC1CCCO1)OCCCO2. The smallest absolute Gasteiger partial charge is 0.162 e. The number of alkyl halides is 1. The molecule has 110 valence electrons. The first kappa shape index (κ1) is 14.7. The van der Waals surface area contributed by atoms with Gasteiger partial charge in [0.1, 0.15) is 0 Å². The summed E-state index contributed by atoms with van der Waals surface area (Å²) in [5, 5.41) is 0. The second-order valence-corrected chi connectivity index (χ2v) is 7.17. The lowest BCUT2D eigenvalue weighted by Crippen LogP contribution is -2.08. The van der Waals surface area contributed by atoms with Gasteiger partial charge in [0.25, 0.3) is 0 Å². The first-order chi connectivity index (χ1) is 9.74. The van der Waals surface area contributed by atoms with Crippen molar-refractivity contribution in [2.75, 3.05) is 19.8 Å². The van der Waals surface area contributed by atoms with Crippen LogP contribution in [0.4, 0.5) is 0 Å². The maximum atomic E-state index is 5.77. The van der Waals surface area contributed by atoms with Gasteiger partial charge in [-0.25, -0.2) is 0 Å². The van der Waals surface area contributed by atoms with Gasteiger partial charge in [-0.3, -0.25) is 0 Å². The van der Waals surface area contributed by atoms with Gasteiger partial charge in [-0.15, -0.1) is 0 Å². The Balaban J connectivity index is 1.79. The van der Waals surface area contributed by atoms with Gasteiger partial charge in [0.05, 0.1) is 19.3 Å². The maximum Gasteiger partial charge on any atom is 0.162 e. The van der Waals surface area contributed by atoms with Crippen LogP contribution < -0.4 is 9.47 Å². The van der Waals surface area contributed by atoms with Gasteiger partial charge in [0.2, 0.25) is 0 Å². The van der Waals surface area contributed by atoms with Crippen molar-refractivity contribution in [2.45, 2.75) is 36.6 Å². The van der Waals surface area contributed by atoms with Crippen molar-refractivity contribution in [3.8, 4) is 11.5 Å². The van der Waals surface area contributed by atoms with E-state index in [1.165, 1.54) is 12.0 Å². The normalized spacial score (nSPS) is 23.4. The molecule has 2 aliphatic rings. The summed E-state index contributed by atoms with van der Waals surface area (Å²) in [6.45, 7) is 2.33. The Morgan fingerprint density at radius 1 is 1.10 bits per heavy atom. The third-order valence-corrected chi connectivity index (χ3v) is 5.25. The van der Waals surface area contributed by atoms with Gasteiger partial charge in [-0.2, -0.15) is 0 Å². The summed E-state index contributed by atoms with van der Waals surface area (Å²) in [6, 6.07) is 4.10. The molecule has 0 N–H and O–H groups in total. The molecule has 0 aromatic heterocycles. The summed E-state index contributed by atoms with van der Waals surface area (Å²) in [5.74, 6) is 1.67. The van der Waals surface area contributed by atoms with Crippen molar-refractivity contribution < 1.29 is 14.2 Å².